The van der Waals surface area contributed by atoms with E-state index in [0.29, 0.717) is 11.8 Å². The van der Waals surface area contributed by atoms with Crippen molar-refractivity contribution >= 4 is 0 Å². The molecule has 1 aromatic rings. The molecule has 17 heavy (non-hydrogen) atoms. The summed E-state index contributed by atoms with van der Waals surface area (Å²) in [5, 5.41) is 0. The summed E-state index contributed by atoms with van der Waals surface area (Å²) in [7, 11) is 0. The standard InChI is InChI=1S/C13H23N3O/c1-3-6-16-7-5-15-13(16)12(14)11-4-8-17-9-10(11)2/h5,7,10-12H,3-4,6,8-9,14H2,1-2H3. The van der Waals surface area contributed by atoms with Crippen LogP contribution >= 0.6 is 0 Å². The van der Waals surface area contributed by atoms with Gasteiger partial charge in [-0.25, -0.2) is 4.98 Å². The van der Waals surface area contributed by atoms with Gasteiger partial charge < -0.3 is 15.0 Å². The highest BCUT2D eigenvalue weighted by Crippen LogP contribution is 2.31. The maximum Gasteiger partial charge on any atom is 0.125 e. The molecular formula is C13H23N3O. The van der Waals surface area contributed by atoms with Gasteiger partial charge in [-0.3, -0.25) is 0 Å². The van der Waals surface area contributed by atoms with Crippen molar-refractivity contribution in [3.63, 3.8) is 0 Å². The lowest BCUT2D eigenvalue weighted by Crippen LogP contribution is -2.35. The van der Waals surface area contributed by atoms with Crippen molar-refractivity contribution in [3.8, 4) is 0 Å². The van der Waals surface area contributed by atoms with Crippen LogP contribution in [0, 0.1) is 11.8 Å². The SMILES string of the molecule is CCCn1ccnc1C(N)C1CCOCC1C. The summed E-state index contributed by atoms with van der Waals surface area (Å²) in [5.41, 5.74) is 6.40. The van der Waals surface area contributed by atoms with E-state index in [1.807, 2.05) is 12.4 Å². The first-order valence-corrected chi connectivity index (χ1v) is 6.58. The average molecular weight is 237 g/mol. The van der Waals surface area contributed by atoms with E-state index in [1.54, 1.807) is 0 Å². The minimum atomic E-state index is 0.0375. The maximum absolute atomic E-state index is 6.40. The molecule has 0 amide bonds. The lowest BCUT2D eigenvalue weighted by Gasteiger charge is -2.33. The first-order valence-electron chi connectivity index (χ1n) is 6.58. The molecule has 1 aliphatic heterocycles. The van der Waals surface area contributed by atoms with Crippen LogP contribution in [-0.4, -0.2) is 22.8 Å². The predicted octanol–water partition coefficient (Wildman–Crippen LogP) is 1.97. The number of rotatable bonds is 4. The zero-order valence-electron chi connectivity index (χ0n) is 10.8. The molecule has 0 aliphatic carbocycles. The molecule has 1 fully saturated rings. The average Bonchev–Trinajstić information content (AvgIpc) is 2.78. The zero-order chi connectivity index (χ0) is 12.3. The number of nitrogens with zero attached hydrogens (tertiary/aromatic N) is 2. The van der Waals surface area contributed by atoms with E-state index < -0.39 is 0 Å². The highest BCUT2D eigenvalue weighted by Gasteiger charge is 2.30. The highest BCUT2D eigenvalue weighted by molar-refractivity contribution is 5.02. The van der Waals surface area contributed by atoms with Crippen molar-refractivity contribution in [2.75, 3.05) is 13.2 Å². The van der Waals surface area contributed by atoms with Crippen molar-refractivity contribution in [1.29, 1.82) is 0 Å². The molecule has 2 heterocycles. The molecule has 96 valence electrons. The highest BCUT2D eigenvalue weighted by atomic mass is 16.5. The van der Waals surface area contributed by atoms with Crippen LogP contribution in [0.15, 0.2) is 12.4 Å². The van der Waals surface area contributed by atoms with Crippen molar-refractivity contribution < 1.29 is 4.74 Å². The molecule has 0 aromatic carbocycles. The fourth-order valence-electron chi connectivity index (χ4n) is 2.67. The normalized spacial score (nSPS) is 27.0. The van der Waals surface area contributed by atoms with Gasteiger partial charge in [0.1, 0.15) is 5.82 Å². The molecule has 1 aromatic heterocycles. The second kappa shape index (κ2) is 5.65. The summed E-state index contributed by atoms with van der Waals surface area (Å²) < 4.78 is 7.66. The van der Waals surface area contributed by atoms with E-state index in [-0.39, 0.29) is 6.04 Å². The van der Waals surface area contributed by atoms with Crippen molar-refractivity contribution in [3.05, 3.63) is 18.2 Å². The molecule has 0 bridgehead atoms. The Kier molecular flexibility index (Phi) is 4.18. The van der Waals surface area contributed by atoms with Crippen LogP contribution in [0.3, 0.4) is 0 Å². The predicted molar refractivity (Wildman–Crippen MR) is 67.5 cm³/mol. The number of nitrogens with two attached hydrogens (primary N) is 1. The van der Waals surface area contributed by atoms with Crippen LogP contribution in [0.25, 0.3) is 0 Å². The lowest BCUT2D eigenvalue weighted by molar-refractivity contribution is 0.0141. The minimum absolute atomic E-state index is 0.0375. The molecule has 1 saturated heterocycles. The number of imidazole rings is 1. The Bertz CT molecular complexity index is 350. The number of hydrogen-bond donors (Lipinski definition) is 1. The number of hydrogen-bond acceptors (Lipinski definition) is 3. The van der Waals surface area contributed by atoms with Gasteiger partial charge in [-0.05, 0) is 24.7 Å². The van der Waals surface area contributed by atoms with Crippen molar-refractivity contribution in [1.82, 2.24) is 9.55 Å². The Morgan fingerprint density at radius 1 is 1.65 bits per heavy atom. The topological polar surface area (TPSA) is 53.1 Å². The van der Waals surface area contributed by atoms with E-state index in [1.165, 1.54) is 0 Å². The summed E-state index contributed by atoms with van der Waals surface area (Å²) in [6.45, 7) is 7.05. The molecule has 0 saturated carbocycles. The van der Waals surface area contributed by atoms with Gasteiger partial charge in [0, 0.05) is 32.2 Å². The Morgan fingerprint density at radius 3 is 3.18 bits per heavy atom. The quantitative estimate of drug-likeness (QED) is 0.871. The molecule has 1 aliphatic rings. The van der Waals surface area contributed by atoms with Crippen LogP contribution in [-0.2, 0) is 11.3 Å². The summed E-state index contributed by atoms with van der Waals surface area (Å²) in [6, 6.07) is 0.0375. The van der Waals surface area contributed by atoms with E-state index in [2.05, 4.69) is 23.4 Å². The zero-order valence-corrected chi connectivity index (χ0v) is 10.8. The van der Waals surface area contributed by atoms with E-state index in [9.17, 15) is 0 Å². The van der Waals surface area contributed by atoms with Crippen LogP contribution in [0.5, 0.6) is 0 Å². The molecule has 2 N–H and O–H groups in total. The van der Waals surface area contributed by atoms with Gasteiger partial charge in [0.25, 0.3) is 0 Å². The smallest absolute Gasteiger partial charge is 0.125 e. The molecule has 2 rings (SSSR count). The third kappa shape index (κ3) is 2.69. The molecule has 3 unspecified atom stereocenters. The monoisotopic (exact) mass is 237 g/mol. The summed E-state index contributed by atoms with van der Waals surface area (Å²) in [5.74, 6) is 2.04. The lowest BCUT2D eigenvalue weighted by atomic mass is 9.83. The summed E-state index contributed by atoms with van der Waals surface area (Å²) in [4.78, 5) is 4.44. The van der Waals surface area contributed by atoms with E-state index >= 15 is 0 Å². The van der Waals surface area contributed by atoms with Gasteiger partial charge in [0.15, 0.2) is 0 Å². The van der Waals surface area contributed by atoms with Crippen molar-refractivity contribution in [2.45, 2.75) is 39.3 Å². The van der Waals surface area contributed by atoms with E-state index in [0.717, 1.165) is 38.4 Å². The largest absolute Gasteiger partial charge is 0.381 e. The third-order valence-corrected chi connectivity index (χ3v) is 3.68. The van der Waals surface area contributed by atoms with E-state index in [4.69, 9.17) is 10.5 Å². The van der Waals surface area contributed by atoms with Gasteiger partial charge in [0.05, 0.1) is 6.04 Å². The Labute approximate surface area is 103 Å². The number of aromatic nitrogens is 2. The second-order valence-corrected chi connectivity index (χ2v) is 5.01. The molecule has 0 spiro atoms. The number of ether oxygens (including phenoxy) is 1. The molecule has 0 radical (unpaired) electrons. The minimum Gasteiger partial charge on any atom is -0.381 e. The molecular weight excluding hydrogens is 214 g/mol. The molecule has 4 nitrogen and oxygen atoms in total. The van der Waals surface area contributed by atoms with Crippen LogP contribution in [0.4, 0.5) is 0 Å². The third-order valence-electron chi connectivity index (χ3n) is 3.68. The fraction of sp³-hybridized carbons (Fsp3) is 0.769. The molecule has 4 heteroatoms. The first-order chi connectivity index (χ1) is 8.24. The van der Waals surface area contributed by atoms with Crippen LogP contribution in [0.2, 0.25) is 0 Å². The van der Waals surface area contributed by atoms with Gasteiger partial charge >= 0.3 is 0 Å². The number of aryl methyl sites for hydroxylation is 1. The Balaban J connectivity index is 2.11. The Hall–Kier alpha value is -0.870. The van der Waals surface area contributed by atoms with Gasteiger partial charge in [-0.15, -0.1) is 0 Å². The summed E-state index contributed by atoms with van der Waals surface area (Å²) >= 11 is 0. The first kappa shape index (κ1) is 12.6. The fourth-order valence-corrected chi connectivity index (χ4v) is 2.67. The second-order valence-electron chi connectivity index (χ2n) is 5.01. The summed E-state index contributed by atoms with van der Waals surface area (Å²) in [6.07, 6.45) is 6.04. The molecule has 3 atom stereocenters. The van der Waals surface area contributed by atoms with Crippen LogP contribution < -0.4 is 5.73 Å². The van der Waals surface area contributed by atoms with Crippen molar-refractivity contribution in [2.24, 2.45) is 17.6 Å². The van der Waals surface area contributed by atoms with Gasteiger partial charge in [0.2, 0.25) is 0 Å². The Morgan fingerprint density at radius 2 is 2.47 bits per heavy atom. The maximum atomic E-state index is 6.40. The van der Waals surface area contributed by atoms with Crippen LogP contribution in [0.1, 0.15) is 38.6 Å². The van der Waals surface area contributed by atoms with Gasteiger partial charge in [-0.2, -0.15) is 0 Å². The van der Waals surface area contributed by atoms with Gasteiger partial charge in [-0.1, -0.05) is 13.8 Å².